The SMILES string of the molecule is CN(C)C(=O)C1CN(c2nnc(C(C)(C)C)s2)C1. The van der Waals surface area contributed by atoms with Crippen LogP contribution in [0.3, 0.4) is 0 Å². The maximum atomic E-state index is 11.7. The Balaban J connectivity index is 1.97. The topological polar surface area (TPSA) is 49.3 Å². The van der Waals surface area contributed by atoms with Gasteiger partial charge in [-0.05, 0) is 0 Å². The number of hydrogen-bond donors (Lipinski definition) is 0. The molecule has 1 saturated heterocycles. The van der Waals surface area contributed by atoms with E-state index < -0.39 is 0 Å². The fraction of sp³-hybridized carbons (Fsp3) is 0.750. The van der Waals surface area contributed by atoms with Crippen LogP contribution in [0, 0.1) is 5.92 Å². The normalized spacial score (nSPS) is 16.6. The molecule has 0 aliphatic carbocycles. The lowest BCUT2D eigenvalue weighted by Gasteiger charge is -2.38. The number of amides is 1. The molecule has 0 saturated carbocycles. The van der Waals surface area contributed by atoms with Crippen molar-refractivity contribution in [2.75, 3.05) is 32.1 Å². The predicted octanol–water partition coefficient (Wildman–Crippen LogP) is 1.36. The first kappa shape index (κ1) is 13.3. The summed E-state index contributed by atoms with van der Waals surface area (Å²) >= 11 is 1.62. The zero-order valence-corrected chi connectivity index (χ0v) is 12.4. The van der Waals surface area contributed by atoms with Crippen molar-refractivity contribution >= 4 is 22.4 Å². The molecule has 0 N–H and O–H groups in total. The summed E-state index contributed by atoms with van der Waals surface area (Å²) in [4.78, 5) is 15.5. The molecule has 5 nitrogen and oxygen atoms in total. The van der Waals surface area contributed by atoms with Crippen molar-refractivity contribution in [1.82, 2.24) is 15.1 Å². The molecule has 1 aromatic heterocycles. The van der Waals surface area contributed by atoms with Gasteiger partial charge in [-0.2, -0.15) is 0 Å². The van der Waals surface area contributed by atoms with Gasteiger partial charge in [-0.1, -0.05) is 32.1 Å². The Hall–Kier alpha value is -1.17. The smallest absolute Gasteiger partial charge is 0.228 e. The van der Waals surface area contributed by atoms with Gasteiger partial charge in [-0.15, -0.1) is 10.2 Å². The van der Waals surface area contributed by atoms with Gasteiger partial charge in [0.05, 0.1) is 5.92 Å². The fourth-order valence-corrected chi connectivity index (χ4v) is 2.72. The van der Waals surface area contributed by atoms with E-state index in [1.807, 2.05) is 0 Å². The van der Waals surface area contributed by atoms with E-state index in [1.165, 1.54) is 0 Å². The largest absolute Gasteiger partial charge is 0.348 e. The Labute approximate surface area is 112 Å². The van der Waals surface area contributed by atoms with Crippen molar-refractivity contribution < 1.29 is 4.79 Å². The van der Waals surface area contributed by atoms with Crippen LogP contribution in [-0.2, 0) is 10.2 Å². The summed E-state index contributed by atoms with van der Waals surface area (Å²) in [5.41, 5.74) is 0.0413. The number of nitrogens with zero attached hydrogens (tertiary/aromatic N) is 4. The quantitative estimate of drug-likeness (QED) is 0.812. The van der Waals surface area contributed by atoms with Crippen LogP contribution < -0.4 is 4.90 Å². The first-order valence-electron chi connectivity index (χ1n) is 6.09. The third-order valence-corrected chi connectivity index (χ3v) is 4.41. The van der Waals surface area contributed by atoms with Gasteiger partial charge in [-0.3, -0.25) is 4.79 Å². The Kier molecular flexibility index (Phi) is 3.31. The van der Waals surface area contributed by atoms with Gasteiger partial charge in [0.15, 0.2) is 0 Å². The number of carbonyl (C=O) groups excluding carboxylic acids is 1. The molecular formula is C12H20N4OS. The first-order chi connectivity index (χ1) is 8.29. The Morgan fingerprint density at radius 3 is 2.39 bits per heavy atom. The third-order valence-electron chi connectivity index (χ3n) is 3.00. The number of aromatic nitrogens is 2. The summed E-state index contributed by atoms with van der Waals surface area (Å²) in [5, 5.41) is 10.4. The minimum absolute atomic E-state index is 0.0413. The van der Waals surface area contributed by atoms with Crippen LogP contribution in [0.1, 0.15) is 25.8 Å². The second-order valence-corrected chi connectivity index (χ2v) is 6.93. The summed E-state index contributed by atoms with van der Waals surface area (Å²) in [6.07, 6.45) is 0. The molecule has 0 atom stereocenters. The maximum Gasteiger partial charge on any atom is 0.228 e. The van der Waals surface area contributed by atoms with Crippen LogP contribution in [0.15, 0.2) is 0 Å². The molecule has 1 aliphatic heterocycles. The average molecular weight is 268 g/mol. The highest BCUT2D eigenvalue weighted by molar-refractivity contribution is 7.15. The van der Waals surface area contributed by atoms with Crippen LogP contribution >= 0.6 is 11.3 Å². The van der Waals surface area contributed by atoms with Crippen LogP contribution in [0.25, 0.3) is 0 Å². The molecule has 0 aromatic carbocycles. The molecule has 100 valence electrons. The average Bonchev–Trinajstić information content (AvgIpc) is 2.63. The molecule has 0 unspecified atom stereocenters. The molecule has 0 bridgehead atoms. The van der Waals surface area contributed by atoms with Crippen LogP contribution in [0.4, 0.5) is 5.13 Å². The van der Waals surface area contributed by atoms with E-state index in [-0.39, 0.29) is 17.2 Å². The van der Waals surface area contributed by atoms with Crippen LogP contribution in [-0.4, -0.2) is 48.2 Å². The lowest BCUT2D eigenvalue weighted by Crippen LogP contribution is -2.53. The van der Waals surface area contributed by atoms with E-state index in [9.17, 15) is 4.79 Å². The van der Waals surface area contributed by atoms with Crippen molar-refractivity contribution in [2.24, 2.45) is 5.92 Å². The number of rotatable bonds is 2. The molecule has 1 aliphatic rings. The van der Waals surface area contributed by atoms with Crippen molar-refractivity contribution in [3.63, 3.8) is 0 Å². The monoisotopic (exact) mass is 268 g/mol. The lowest BCUT2D eigenvalue weighted by molar-refractivity contribution is -0.133. The van der Waals surface area contributed by atoms with E-state index in [0.717, 1.165) is 23.2 Å². The van der Waals surface area contributed by atoms with Gasteiger partial charge in [-0.25, -0.2) is 0 Å². The highest BCUT2D eigenvalue weighted by Crippen LogP contribution is 2.33. The molecule has 18 heavy (non-hydrogen) atoms. The number of hydrogen-bond acceptors (Lipinski definition) is 5. The van der Waals surface area contributed by atoms with Gasteiger partial charge in [0, 0.05) is 32.6 Å². The second kappa shape index (κ2) is 4.50. The summed E-state index contributed by atoms with van der Waals surface area (Å²) in [6, 6.07) is 0. The lowest BCUT2D eigenvalue weighted by atomic mass is 9.98. The highest BCUT2D eigenvalue weighted by Gasteiger charge is 2.35. The summed E-state index contributed by atoms with van der Waals surface area (Å²) in [7, 11) is 3.60. The molecule has 2 rings (SSSR count). The minimum Gasteiger partial charge on any atom is -0.348 e. The third kappa shape index (κ3) is 2.48. The summed E-state index contributed by atoms with van der Waals surface area (Å²) < 4.78 is 0. The molecule has 2 heterocycles. The predicted molar refractivity (Wildman–Crippen MR) is 73.0 cm³/mol. The van der Waals surface area contributed by atoms with Gasteiger partial charge in [0.1, 0.15) is 5.01 Å². The van der Waals surface area contributed by atoms with Crippen molar-refractivity contribution in [1.29, 1.82) is 0 Å². The van der Waals surface area contributed by atoms with E-state index in [0.29, 0.717) is 0 Å². The Morgan fingerprint density at radius 1 is 1.33 bits per heavy atom. The summed E-state index contributed by atoms with van der Waals surface area (Å²) in [5.74, 6) is 0.314. The number of anilines is 1. The molecule has 6 heteroatoms. The minimum atomic E-state index is 0.0413. The molecular weight excluding hydrogens is 248 g/mol. The molecule has 0 spiro atoms. The van der Waals surface area contributed by atoms with Gasteiger partial charge in [0.25, 0.3) is 0 Å². The highest BCUT2D eigenvalue weighted by atomic mass is 32.1. The Morgan fingerprint density at radius 2 is 1.94 bits per heavy atom. The zero-order chi connectivity index (χ0) is 13.5. The molecule has 1 aromatic rings. The molecule has 1 amide bonds. The maximum absolute atomic E-state index is 11.7. The molecule has 1 fully saturated rings. The van der Waals surface area contributed by atoms with Crippen molar-refractivity contribution in [3.8, 4) is 0 Å². The van der Waals surface area contributed by atoms with E-state index in [1.54, 1.807) is 30.3 Å². The van der Waals surface area contributed by atoms with Gasteiger partial charge < -0.3 is 9.80 Å². The first-order valence-corrected chi connectivity index (χ1v) is 6.91. The number of carbonyl (C=O) groups is 1. The summed E-state index contributed by atoms with van der Waals surface area (Å²) in [6.45, 7) is 7.91. The van der Waals surface area contributed by atoms with E-state index >= 15 is 0 Å². The van der Waals surface area contributed by atoms with Crippen molar-refractivity contribution in [3.05, 3.63) is 5.01 Å². The van der Waals surface area contributed by atoms with Gasteiger partial charge in [0.2, 0.25) is 11.0 Å². The van der Waals surface area contributed by atoms with Crippen molar-refractivity contribution in [2.45, 2.75) is 26.2 Å². The van der Waals surface area contributed by atoms with Crippen LogP contribution in [0.5, 0.6) is 0 Å². The molecule has 0 radical (unpaired) electrons. The van der Waals surface area contributed by atoms with E-state index in [4.69, 9.17) is 0 Å². The second-order valence-electron chi connectivity index (χ2n) is 5.97. The fourth-order valence-electron chi connectivity index (χ4n) is 1.80. The Bertz CT molecular complexity index is 443. The van der Waals surface area contributed by atoms with Gasteiger partial charge >= 0.3 is 0 Å². The van der Waals surface area contributed by atoms with Crippen LogP contribution in [0.2, 0.25) is 0 Å². The standard InChI is InChI=1S/C12H20N4OS/c1-12(2,3)10-13-14-11(18-10)16-6-8(7-16)9(17)15(4)5/h8H,6-7H2,1-5H3. The van der Waals surface area contributed by atoms with E-state index in [2.05, 4.69) is 35.9 Å². The zero-order valence-electron chi connectivity index (χ0n) is 11.6.